The van der Waals surface area contributed by atoms with Crippen LogP contribution in [0.1, 0.15) is 79.7 Å². The van der Waals surface area contributed by atoms with Crippen LogP contribution in [0.4, 0.5) is 4.79 Å². The zero-order valence-corrected chi connectivity index (χ0v) is 26.0. The lowest BCUT2D eigenvalue weighted by Crippen LogP contribution is -2.55. The Morgan fingerprint density at radius 2 is 1.55 bits per heavy atom. The number of hydrogen-bond donors (Lipinski definition) is 3. The Morgan fingerprint density at radius 1 is 0.929 bits per heavy atom. The number of amides is 4. The molecule has 1 aromatic carbocycles. The summed E-state index contributed by atoms with van der Waals surface area (Å²) in [6, 6.07) is 6.76. The zero-order chi connectivity index (χ0) is 31.4. The van der Waals surface area contributed by atoms with Gasteiger partial charge in [-0.3, -0.25) is 14.4 Å². The summed E-state index contributed by atoms with van der Waals surface area (Å²) in [7, 11) is 0. The van der Waals surface area contributed by atoms with E-state index in [0.717, 1.165) is 5.56 Å². The van der Waals surface area contributed by atoms with Crippen LogP contribution in [0, 0.1) is 11.8 Å². The minimum atomic E-state index is -0.863. The summed E-state index contributed by atoms with van der Waals surface area (Å²) in [4.78, 5) is 65.9. The quantitative estimate of drug-likeness (QED) is 0.300. The third-order valence-electron chi connectivity index (χ3n) is 6.51. The molecule has 1 saturated heterocycles. The van der Waals surface area contributed by atoms with Crippen LogP contribution in [0.3, 0.4) is 0 Å². The van der Waals surface area contributed by atoms with Crippen molar-refractivity contribution in [3.63, 3.8) is 0 Å². The molecule has 3 N–H and O–H groups in total. The molecule has 0 aromatic heterocycles. The highest BCUT2D eigenvalue weighted by atomic mass is 16.6. The minimum absolute atomic E-state index is 0.0903. The lowest BCUT2D eigenvalue weighted by atomic mass is 10.0. The van der Waals surface area contributed by atoms with Gasteiger partial charge in [0.1, 0.15) is 30.3 Å². The molecule has 0 bridgehead atoms. The number of ether oxygens (including phenoxy) is 2. The van der Waals surface area contributed by atoms with Crippen molar-refractivity contribution in [3.8, 4) is 0 Å². The largest absolute Gasteiger partial charge is 0.459 e. The van der Waals surface area contributed by atoms with Gasteiger partial charge in [-0.2, -0.15) is 0 Å². The average molecular weight is 589 g/mol. The third kappa shape index (κ3) is 12.1. The van der Waals surface area contributed by atoms with Crippen LogP contribution >= 0.6 is 0 Å². The van der Waals surface area contributed by atoms with Crippen molar-refractivity contribution in [2.24, 2.45) is 11.8 Å². The number of carbonyl (C=O) groups excluding carboxylic acids is 5. The fraction of sp³-hybridized carbons (Fsp3) is 0.645. The fourth-order valence-corrected chi connectivity index (χ4v) is 4.69. The van der Waals surface area contributed by atoms with Gasteiger partial charge in [0, 0.05) is 6.54 Å². The molecule has 0 radical (unpaired) electrons. The maximum atomic E-state index is 13.5. The Morgan fingerprint density at radius 3 is 2.14 bits per heavy atom. The van der Waals surface area contributed by atoms with Crippen LogP contribution in [0.5, 0.6) is 0 Å². The Bertz CT molecular complexity index is 1070. The van der Waals surface area contributed by atoms with E-state index in [4.69, 9.17) is 9.47 Å². The second-order valence-electron chi connectivity index (χ2n) is 12.6. The Labute approximate surface area is 249 Å². The predicted molar refractivity (Wildman–Crippen MR) is 158 cm³/mol. The number of rotatable bonds is 13. The second-order valence-corrected chi connectivity index (χ2v) is 12.6. The molecule has 11 nitrogen and oxygen atoms in total. The summed E-state index contributed by atoms with van der Waals surface area (Å²) >= 11 is 0. The molecule has 1 aromatic rings. The highest BCUT2D eigenvalue weighted by Gasteiger charge is 2.38. The van der Waals surface area contributed by atoms with Gasteiger partial charge in [0.25, 0.3) is 0 Å². The number of nitrogens with one attached hydrogen (secondary N) is 3. The molecule has 0 unspecified atom stereocenters. The number of hydrogen-bond acceptors (Lipinski definition) is 7. The molecular weight excluding hydrogens is 540 g/mol. The topological polar surface area (TPSA) is 143 Å². The highest BCUT2D eigenvalue weighted by molar-refractivity contribution is 5.94. The number of carbonyl (C=O) groups is 5. The van der Waals surface area contributed by atoms with Gasteiger partial charge in [0.2, 0.25) is 17.7 Å². The van der Waals surface area contributed by atoms with Crippen LogP contribution in [0.2, 0.25) is 0 Å². The number of esters is 1. The van der Waals surface area contributed by atoms with Gasteiger partial charge in [-0.25, -0.2) is 9.59 Å². The van der Waals surface area contributed by atoms with Gasteiger partial charge >= 0.3 is 12.1 Å². The van der Waals surface area contributed by atoms with Crippen molar-refractivity contribution < 1.29 is 33.4 Å². The summed E-state index contributed by atoms with van der Waals surface area (Å²) in [5.41, 5.74) is 0.110. The summed E-state index contributed by atoms with van der Waals surface area (Å²) < 4.78 is 10.8. The Balaban J connectivity index is 1.97. The first-order chi connectivity index (χ1) is 19.7. The second kappa shape index (κ2) is 16.1. The van der Waals surface area contributed by atoms with E-state index < -0.39 is 47.6 Å². The smallest absolute Gasteiger partial charge is 0.408 e. The molecule has 1 heterocycles. The van der Waals surface area contributed by atoms with E-state index >= 15 is 0 Å². The highest BCUT2D eigenvalue weighted by Crippen LogP contribution is 2.21. The van der Waals surface area contributed by atoms with Crippen LogP contribution < -0.4 is 16.0 Å². The van der Waals surface area contributed by atoms with Gasteiger partial charge in [-0.05, 0) is 63.9 Å². The average Bonchev–Trinajstić information content (AvgIpc) is 3.38. The molecule has 1 aliphatic rings. The van der Waals surface area contributed by atoms with Gasteiger partial charge in [0.05, 0.1) is 6.54 Å². The van der Waals surface area contributed by atoms with Crippen LogP contribution in [0.15, 0.2) is 30.3 Å². The van der Waals surface area contributed by atoms with Crippen molar-refractivity contribution in [3.05, 3.63) is 35.9 Å². The molecule has 0 saturated carbocycles. The van der Waals surface area contributed by atoms with Crippen LogP contribution in [-0.2, 0) is 35.3 Å². The maximum absolute atomic E-state index is 13.5. The Hall–Kier alpha value is -3.63. The number of likely N-dealkylation sites (tertiary alicyclic amines) is 1. The molecule has 1 aliphatic heterocycles. The minimum Gasteiger partial charge on any atom is -0.459 e. The molecule has 4 amide bonds. The van der Waals surface area contributed by atoms with Gasteiger partial charge in [-0.1, -0.05) is 58.0 Å². The summed E-state index contributed by atoms with van der Waals surface area (Å²) in [6.07, 6.45) is 1.10. The van der Waals surface area contributed by atoms with E-state index in [1.165, 1.54) is 4.90 Å². The van der Waals surface area contributed by atoms with E-state index in [0.29, 0.717) is 32.2 Å². The fourth-order valence-electron chi connectivity index (χ4n) is 4.69. The van der Waals surface area contributed by atoms with Gasteiger partial charge in [0.15, 0.2) is 0 Å². The van der Waals surface area contributed by atoms with Crippen molar-refractivity contribution >= 4 is 29.8 Å². The number of alkyl carbamates (subject to hydrolysis) is 1. The lowest BCUT2D eigenvalue weighted by molar-refractivity contribution is -0.149. The van der Waals surface area contributed by atoms with Crippen LogP contribution in [0.25, 0.3) is 0 Å². The van der Waals surface area contributed by atoms with E-state index in [1.54, 1.807) is 20.8 Å². The molecule has 0 aliphatic carbocycles. The van der Waals surface area contributed by atoms with E-state index in [9.17, 15) is 24.0 Å². The molecular formula is C31H48N4O7. The molecule has 3 atom stereocenters. The molecule has 1 fully saturated rings. The van der Waals surface area contributed by atoms with Crippen molar-refractivity contribution in [2.75, 3.05) is 13.1 Å². The first-order valence-electron chi connectivity index (χ1n) is 14.7. The maximum Gasteiger partial charge on any atom is 0.408 e. The first kappa shape index (κ1) is 34.6. The molecule has 234 valence electrons. The molecule has 42 heavy (non-hydrogen) atoms. The molecule has 11 heteroatoms. The van der Waals surface area contributed by atoms with Gasteiger partial charge < -0.3 is 30.3 Å². The van der Waals surface area contributed by atoms with Crippen molar-refractivity contribution in [2.45, 2.75) is 104 Å². The summed E-state index contributed by atoms with van der Waals surface area (Å²) in [5.74, 6) is -1.70. The number of nitrogens with zero attached hydrogens (tertiary/aromatic N) is 1. The molecule has 0 spiro atoms. The molecule has 2 rings (SSSR count). The Kier molecular flexibility index (Phi) is 13.3. The van der Waals surface area contributed by atoms with Crippen molar-refractivity contribution in [1.82, 2.24) is 20.9 Å². The predicted octanol–water partition coefficient (Wildman–Crippen LogP) is 3.31. The number of benzene rings is 1. The van der Waals surface area contributed by atoms with E-state index in [-0.39, 0.29) is 30.9 Å². The standard InChI is InChI=1S/C31H48N4O7/c1-20(2)16-23(34-30(40)42-31(5,6)7)28(38)35-15-11-14-25(35)27(37)32-18-26(36)33-24(17-21(3)4)29(39)41-19-22-12-9-8-10-13-22/h8-10,12-13,20-21,23-25H,11,14-19H2,1-7H3,(H,32,37)(H,33,36)(H,34,40)/t23-,24-,25+/m0/s1. The van der Waals surface area contributed by atoms with E-state index in [1.807, 2.05) is 58.0 Å². The monoisotopic (exact) mass is 588 g/mol. The zero-order valence-electron chi connectivity index (χ0n) is 26.0. The lowest BCUT2D eigenvalue weighted by Gasteiger charge is -2.30. The van der Waals surface area contributed by atoms with E-state index in [2.05, 4.69) is 16.0 Å². The van der Waals surface area contributed by atoms with Gasteiger partial charge in [-0.15, -0.1) is 0 Å². The first-order valence-corrected chi connectivity index (χ1v) is 14.7. The third-order valence-corrected chi connectivity index (χ3v) is 6.51. The normalized spacial score (nSPS) is 16.5. The van der Waals surface area contributed by atoms with Crippen molar-refractivity contribution in [1.29, 1.82) is 0 Å². The summed E-state index contributed by atoms with van der Waals surface area (Å²) in [6.45, 7) is 13.0. The van der Waals surface area contributed by atoms with Crippen LogP contribution in [-0.4, -0.2) is 71.5 Å². The summed E-state index contributed by atoms with van der Waals surface area (Å²) in [5, 5.41) is 7.95. The SMILES string of the molecule is CC(C)C[C@H](NC(=O)CNC(=O)[C@H]1CCCN1C(=O)[C@H](CC(C)C)NC(=O)OC(C)(C)C)C(=O)OCc1ccccc1.